The summed E-state index contributed by atoms with van der Waals surface area (Å²) < 4.78 is 0. The first kappa shape index (κ1) is 19.4. The third-order valence-corrected chi connectivity index (χ3v) is 4.99. The van der Waals surface area contributed by atoms with E-state index in [4.69, 9.17) is 23.2 Å². The van der Waals surface area contributed by atoms with Crippen LogP contribution in [0.25, 0.3) is 0 Å². The van der Waals surface area contributed by atoms with E-state index in [1.165, 1.54) is 18.2 Å². The molecule has 0 aliphatic carbocycles. The summed E-state index contributed by atoms with van der Waals surface area (Å²) in [4.78, 5) is 27.5. The molecule has 0 bridgehead atoms. The van der Waals surface area contributed by atoms with Crippen molar-refractivity contribution in [2.45, 2.75) is 0 Å². The van der Waals surface area contributed by atoms with Crippen molar-refractivity contribution in [3.8, 4) is 0 Å². The van der Waals surface area contributed by atoms with Crippen LogP contribution in [0.15, 0.2) is 36.4 Å². The quantitative estimate of drug-likeness (QED) is 0.612. The highest BCUT2D eigenvalue weighted by Gasteiger charge is 2.21. The number of carbonyl (C=O) groups excluding carboxylic acids is 1. The highest BCUT2D eigenvalue weighted by atomic mass is 35.5. The zero-order valence-corrected chi connectivity index (χ0v) is 16.1. The molecule has 0 unspecified atom stereocenters. The number of nitrogens with zero attached hydrogens (tertiary/aromatic N) is 3. The second-order valence-electron chi connectivity index (χ2n) is 6.33. The molecule has 1 amide bonds. The Hall–Kier alpha value is -2.35. The van der Waals surface area contributed by atoms with E-state index in [1.807, 2.05) is 6.07 Å². The van der Waals surface area contributed by atoms with Crippen molar-refractivity contribution >= 4 is 46.2 Å². The van der Waals surface area contributed by atoms with E-state index < -0.39 is 4.92 Å². The van der Waals surface area contributed by atoms with Crippen LogP contribution in [0.5, 0.6) is 0 Å². The molecule has 1 N–H and O–H groups in total. The lowest BCUT2D eigenvalue weighted by Gasteiger charge is -2.35. The monoisotopic (exact) mass is 408 g/mol. The van der Waals surface area contributed by atoms with Crippen LogP contribution < -0.4 is 10.2 Å². The Kier molecular flexibility index (Phi) is 5.84. The molecule has 1 saturated heterocycles. The van der Waals surface area contributed by atoms with Crippen LogP contribution in [0.4, 0.5) is 17.1 Å². The second-order valence-corrected chi connectivity index (χ2v) is 7.17. The molecule has 3 rings (SSSR count). The standard InChI is InChI=1S/C18H18Cl2N4O3/c1-22-6-8-23(9-7-22)16-4-2-12(19)10-14(16)18(25)21-13-3-5-17(24(26)27)15(20)11-13/h2-5,10-11H,6-9H2,1H3,(H,21,25). The van der Waals surface area contributed by atoms with Gasteiger partial charge >= 0.3 is 0 Å². The summed E-state index contributed by atoms with van der Waals surface area (Å²) in [6, 6.07) is 9.29. The third kappa shape index (κ3) is 4.50. The van der Waals surface area contributed by atoms with Crippen molar-refractivity contribution in [1.29, 1.82) is 0 Å². The Morgan fingerprint density at radius 1 is 1.11 bits per heavy atom. The summed E-state index contributed by atoms with van der Waals surface area (Å²) in [6.45, 7) is 3.42. The van der Waals surface area contributed by atoms with Crippen LogP contribution in [-0.2, 0) is 0 Å². The zero-order chi connectivity index (χ0) is 19.6. The average molecular weight is 409 g/mol. The summed E-state index contributed by atoms with van der Waals surface area (Å²) in [6.07, 6.45) is 0. The summed E-state index contributed by atoms with van der Waals surface area (Å²) in [7, 11) is 2.06. The van der Waals surface area contributed by atoms with Gasteiger partial charge in [0.05, 0.1) is 10.5 Å². The van der Waals surface area contributed by atoms with E-state index in [0.29, 0.717) is 16.3 Å². The van der Waals surface area contributed by atoms with E-state index in [0.717, 1.165) is 31.9 Å². The molecule has 2 aromatic carbocycles. The maximum atomic E-state index is 12.8. The number of hydrogen-bond acceptors (Lipinski definition) is 5. The summed E-state index contributed by atoms with van der Waals surface area (Å²) in [5.74, 6) is -0.351. The SMILES string of the molecule is CN1CCN(c2ccc(Cl)cc2C(=O)Nc2ccc([N+](=O)[O-])c(Cl)c2)CC1. The van der Waals surface area contributed by atoms with Gasteiger partial charge in [0.25, 0.3) is 11.6 Å². The number of rotatable bonds is 4. The van der Waals surface area contributed by atoms with Crippen LogP contribution in [0.1, 0.15) is 10.4 Å². The number of nitro benzene ring substituents is 1. The highest BCUT2D eigenvalue weighted by Crippen LogP contribution is 2.29. The van der Waals surface area contributed by atoms with Crippen molar-refractivity contribution in [1.82, 2.24) is 4.90 Å². The van der Waals surface area contributed by atoms with Crippen LogP contribution in [0, 0.1) is 10.1 Å². The number of anilines is 2. The lowest BCUT2D eigenvalue weighted by Crippen LogP contribution is -2.45. The van der Waals surface area contributed by atoms with Crippen LogP contribution >= 0.6 is 23.2 Å². The molecule has 2 aromatic rings. The van der Waals surface area contributed by atoms with Crippen molar-refractivity contribution in [3.05, 3.63) is 62.1 Å². The highest BCUT2D eigenvalue weighted by molar-refractivity contribution is 6.33. The number of nitro groups is 1. The van der Waals surface area contributed by atoms with Crippen molar-refractivity contribution in [3.63, 3.8) is 0 Å². The van der Waals surface area contributed by atoms with Gasteiger partial charge in [-0.05, 0) is 37.4 Å². The van der Waals surface area contributed by atoms with Crippen molar-refractivity contribution in [2.24, 2.45) is 0 Å². The fourth-order valence-electron chi connectivity index (χ4n) is 2.94. The Morgan fingerprint density at radius 3 is 2.44 bits per heavy atom. The van der Waals surface area contributed by atoms with Gasteiger partial charge in [0.1, 0.15) is 5.02 Å². The number of carbonyl (C=O) groups is 1. The van der Waals surface area contributed by atoms with Gasteiger partial charge in [0.2, 0.25) is 0 Å². The van der Waals surface area contributed by atoms with E-state index >= 15 is 0 Å². The minimum atomic E-state index is -0.573. The van der Waals surface area contributed by atoms with Gasteiger partial charge in [-0.3, -0.25) is 14.9 Å². The van der Waals surface area contributed by atoms with Gasteiger partial charge in [-0.1, -0.05) is 23.2 Å². The molecule has 0 spiro atoms. The van der Waals surface area contributed by atoms with Gasteiger partial charge < -0.3 is 15.1 Å². The number of hydrogen-bond donors (Lipinski definition) is 1. The normalized spacial score (nSPS) is 14.9. The molecule has 0 saturated carbocycles. The molecule has 1 fully saturated rings. The van der Waals surface area contributed by atoms with E-state index in [1.54, 1.807) is 12.1 Å². The average Bonchev–Trinajstić information content (AvgIpc) is 2.62. The van der Waals surface area contributed by atoms with Crippen LogP contribution in [-0.4, -0.2) is 49.0 Å². The lowest BCUT2D eigenvalue weighted by atomic mass is 10.1. The molecule has 1 aliphatic heterocycles. The topological polar surface area (TPSA) is 78.7 Å². The molecule has 9 heteroatoms. The molecule has 0 radical (unpaired) electrons. The van der Waals surface area contributed by atoms with Crippen LogP contribution in [0.3, 0.4) is 0 Å². The first-order valence-electron chi connectivity index (χ1n) is 8.33. The summed E-state index contributed by atoms with van der Waals surface area (Å²) in [5.41, 5.74) is 1.41. The summed E-state index contributed by atoms with van der Waals surface area (Å²) >= 11 is 12.0. The number of piperazine rings is 1. The predicted octanol–water partition coefficient (Wildman–Crippen LogP) is 3.91. The van der Waals surface area contributed by atoms with E-state index in [-0.39, 0.29) is 16.6 Å². The maximum Gasteiger partial charge on any atom is 0.288 e. The molecule has 1 heterocycles. The Bertz CT molecular complexity index is 883. The number of amides is 1. The largest absolute Gasteiger partial charge is 0.368 e. The first-order valence-corrected chi connectivity index (χ1v) is 9.09. The van der Waals surface area contributed by atoms with E-state index in [9.17, 15) is 14.9 Å². The molecule has 0 aromatic heterocycles. The number of nitrogens with one attached hydrogen (secondary N) is 1. The molecule has 7 nitrogen and oxygen atoms in total. The second kappa shape index (κ2) is 8.12. The minimum Gasteiger partial charge on any atom is -0.368 e. The predicted molar refractivity (Wildman–Crippen MR) is 107 cm³/mol. The van der Waals surface area contributed by atoms with Gasteiger partial charge in [0.15, 0.2) is 0 Å². The van der Waals surface area contributed by atoms with E-state index in [2.05, 4.69) is 22.2 Å². The summed E-state index contributed by atoms with van der Waals surface area (Å²) in [5, 5.41) is 14.0. The zero-order valence-electron chi connectivity index (χ0n) is 14.6. The molecule has 142 valence electrons. The number of halogens is 2. The lowest BCUT2D eigenvalue weighted by molar-refractivity contribution is -0.384. The number of likely N-dealkylation sites (N-methyl/N-ethyl adjacent to an activating group) is 1. The van der Waals surface area contributed by atoms with Gasteiger partial charge in [-0.25, -0.2) is 0 Å². The molecule has 1 aliphatic rings. The smallest absolute Gasteiger partial charge is 0.288 e. The van der Waals surface area contributed by atoms with Gasteiger partial charge in [-0.2, -0.15) is 0 Å². The maximum absolute atomic E-state index is 12.8. The van der Waals surface area contributed by atoms with Crippen molar-refractivity contribution in [2.75, 3.05) is 43.4 Å². The molecular weight excluding hydrogens is 391 g/mol. The fraction of sp³-hybridized carbons (Fsp3) is 0.278. The van der Waals surface area contributed by atoms with Gasteiger partial charge in [-0.15, -0.1) is 0 Å². The third-order valence-electron chi connectivity index (χ3n) is 4.45. The Balaban J connectivity index is 1.85. The van der Waals surface area contributed by atoms with Crippen LogP contribution in [0.2, 0.25) is 10.0 Å². The molecule has 27 heavy (non-hydrogen) atoms. The van der Waals surface area contributed by atoms with Crippen molar-refractivity contribution < 1.29 is 9.72 Å². The Labute approximate surface area is 166 Å². The minimum absolute atomic E-state index is 0.0387. The molecular formula is C18H18Cl2N4O3. The fourth-order valence-corrected chi connectivity index (χ4v) is 3.37. The Morgan fingerprint density at radius 2 is 1.81 bits per heavy atom. The van der Waals surface area contributed by atoms with Gasteiger partial charge in [0, 0.05) is 48.6 Å². The molecule has 0 atom stereocenters. The number of benzene rings is 2. The first-order chi connectivity index (χ1) is 12.8.